The van der Waals surface area contributed by atoms with Gasteiger partial charge in [-0.1, -0.05) is 140 Å². The second-order valence-electron chi connectivity index (χ2n) is 12.0. The summed E-state index contributed by atoms with van der Waals surface area (Å²) in [4.78, 5) is 0. The van der Waals surface area contributed by atoms with Crippen molar-refractivity contribution in [2.24, 2.45) is 0 Å². The second kappa shape index (κ2) is 9.90. The molecule has 8 aromatic carbocycles. The fourth-order valence-corrected chi connectivity index (χ4v) is 8.68. The van der Waals surface area contributed by atoms with Crippen molar-refractivity contribution in [2.45, 2.75) is 0 Å². The summed E-state index contributed by atoms with van der Waals surface area (Å²) >= 11 is 1.88. The maximum Gasteiger partial charge on any atom is 0.135 e. The van der Waals surface area contributed by atoms with Crippen LogP contribution >= 0.6 is 11.3 Å². The molecule has 0 amide bonds. The molecule has 0 aliphatic rings. The van der Waals surface area contributed by atoms with E-state index in [-0.39, 0.29) is 0 Å². The molecule has 2 aromatic heterocycles. The Labute approximate surface area is 269 Å². The van der Waals surface area contributed by atoms with Crippen molar-refractivity contribution in [1.82, 2.24) is 0 Å². The minimum Gasteiger partial charge on any atom is -0.456 e. The first kappa shape index (κ1) is 25.6. The van der Waals surface area contributed by atoms with Crippen molar-refractivity contribution in [3.8, 4) is 33.6 Å². The summed E-state index contributed by atoms with van der Waals surface area (Å²) in [7, 11) is 0. The van der Waals surface area contributed by atoms with E-state index in [2.05, 4.69) is 152 Å². The van der Waals surface area contributed by atoms with Crippen LogP contribution in [0.3, 0.4) is 0 Å². The summed E-state index contributed by atoms with van der Waals surface area (Å²) in [6.45, 7) is 0. The van der Waals surface area contributed by atoms with E-state index in [1.165, 1.54) is 74.7 Å². The number of furan rings is 1. The molecule has 0 spiro atoms. The Morgan fingerprint density at radius 3 is 1.70 bits per heavy atom. The first-order valence-electron chi connectivity index (χ1n) is 15.7. The molecular weight excluding hydrogens is 577 g/mol. The number of fused-ring (bicyclic) bond motifs is 7. The summed E-state index contributed by atoms with van der Waals surface area (Å²) in [5.41, 5.74) is 7.16. The van der Waals surface area contributed by atoms with Crippen LogP contribution in [0.1, 0.15) is 0 Å². The number of hydrogen-bond donors (Lipinski definition) is 0. The van der Waals surface area contributed by atoms with Crippen molar-refractivity contribution in [3.63, 3.8) is 0 Å². The largest absolute Gasteiger partial charge is 0.456 e. The fourth-order valence-electron chi connectivity index (χ4n) is 7.42. The van der Waals surface area contributed by atoms with E-state index in [0.717, 1.165) is 22.3 Å². The van der Waals surface area contributed by atoms with Gasteiger partial charge < -0.3 is 4.42 Å². The third-order valence-electron chi connectivity index (χ3n) is 9.45. The lowest BCUT2D eigenvalue weighted by Crippen LogP contribution is -1.91. The van der Waals surface area contributed by atoms with Gasteiger partial charge in [-0.05, 0) is 67.2 Å². The minimum absolute atomic E-state index is 0.905. The van der Waals surface area contributed by atoms with Gasteiger partial charge in [-0.3, -0.25) is 0 Å². The van der Waals surface area contributed by atoms with Crippen molar-refractivity contribution in [3.05, 3.63) is 158 Å². The van der Waals surface area contributed by atoms with E-state index >= 15 is 0 Å². The smallest absolute Gasteiger partial charge is 0.135 e. The second-order valence-corrected chi connectivity index (χ2v) is 13.1. The Bertz CT molecular complexity index is 2740. The van der Waals surface area contributed by atoms with Gasteiger partial charge in [0.2, 0.25) is 0 Å². The van der Waals surface area contributed by atoms with Gasteiger partial charge in [0.15, 0.2) is 0 Å². The highest BCUT2D eigenvalue weighted by Gasteiger charge is 2.20. The Kier molecular flexibility index (Phi) is 5.51. The SMILES string of the molecule is c1ccc(-c2cc3cc4sc5c(-c6c7ccccc7c(-c7cccc8ccccc78)c7ccccc67)cccc5c4cc3o2)cc1. The van der Waals surface area contributed by atoms with Crippen LogP contribution in [0.2, 0.25) is 0 Å². The molecular formula is C44H26OS. The number of benzene rings is 8. The predicted molar refractivity (Wildman–Crippen MR) is 198 cm³/mol. The van der Waals surface area contributed by atoms with E-state index in [1.54, 1.807) is 0 Å². The topological polar surface area (TPSA) is 13.1 Å². The van der Waals surface area contributed by atoms with Crippen LogP contribution in [0.5, 0.6) is 0 Å². The molecule has 214 valence electrons. The van der Waals surface area contributed by atoms with Gasteiger partial charge in [0.1, 0.15) is 11.3 Å². The minimum atomic E-state index is 0.905. The molecule has 0 radical (unpaired) electrons. The average molecular weight is 603 g/mol. The van der Waals surface area contributed by atoms with E-state index in [1.807, 2.05) is 17.4 Å². The molecule has 10 aromatic rings. The third-order valence-corrected chi connectivity index (χ3v) is 10.7. The van der Waals surface area contributed by atoms with E-state index in [0.29, 0.717) is 0 Å². The normalized spacial score (nSPS) is 11.9. The Hall–Kier alpha value is -5.70. The summed E-state index contributed by atoms with van der Waals surface area (Å²) < 4.78 is 8.98. The molecule has 0 N–H and O–H groups in total. The van der Waals surface area contributed by atoms with Gasteiger partial charge in [-0.25, -0.2) is 0 Å². The van der Waals surface area contributed by atoms with Gasteiger partial charge in [-0.2, -0.15) is 0 Å². The van der Waals surface area contributed by atoms with E-state index in [9.17, 15) is 0 Å². The molecule has 10 rings (SSSR count). The lowest BCUT2D eigenvalue weighted by molar-refractivity contribution is 0.632. The zero-order valence-electron chi connectivity index (χ0n) is 24.8. The molecule has 1 nitrogen and oxygen atoms in total. The lowest BCUT2D eigenvalue weighted by atomic mass is 9.84. The standard InChI is InChI=1S/C44H26OS/c1-2-13-28(14-3-1)39-24-29-25-41-38(26-40(29)45-39)36-22-11-23-37(44(36)46-41)43-34-19-8-6-17-32(34)42(33-18-7-9-20-35(33)43)31-21-10-15-27-12-4-5-16-30(27)31/h1-26H. The van der Waals surface area contributed by atoms with Crippen LogP contribution in [0.4, 0.5) is 0 Å². The molecule has 0 aliphatic carbocycles. The third kappa shape index (κ3) is 3.74. The highest BCUT2D eigenvalue weighted by Crippen LogP contribution is 2.49. The first-order valence-corrected chi connectivity index (χ1v) is 16.5. The quantitative estimate of drug-likeness (QED) is 0.183. The highest BCUT2D eigenvalue weighted by molar-refractivity contribution is 7.26. The molecule has 2 heteroatoms. The predicted octanol–water partition coefficient (Wildman–Crippen LogP) is 13.3. The maximum absolute atomic E-state index is 6.40. The highest BCUT2D eigenvalue weighted by atomic mass is 32.1. The number of rotatable bonds is 3. The van der Waals surface area contributed by atoms with E-state index in [4.69, 9.17) is 4.42 Å². The van der Waals surface area contributed by atoms with Gasteiger partial charge >= 0.3 is 0 Å². The molecule has 2 heterocycles. The van der Waals surface area contributed by atoms with Crippen molar-refractivity contribution in [1.29, 1.82) is 0 Å². The van der Waals surface area contributed by atoms with Crippen LogP contribution in [0.15, 0.2) is 162 Å². The van der Waals surface area contributed by atoms with Crippen molar-refractivity contribution < 1.29 is 4.42 Å². The van der Waals surface area contributed by atoms with Gasteiger partial charge in [-0.15, -0.1) is 11.3 Å². The molecule has 0 saturated heterocycles. The van der Waals surface area contributed by atoms with Gasteiger partial charge in [0.05, 0.1) is 0 Å². The van der Waals surface area contributed by atoms with E-state index < -0.39 is 0 Å². The maximum atomic E-state index is 6.40. The molecule has 0 fully saturated rings. The molecule has 0 unspecified atom stereocenters. The number of thiophene rings is 1. The molecule has 0 aliphatic heterocycles. The average Bonchev–Trinajstić information content (AvgIpc) is 3.70. The van der Waals surface area contributed by atoms with Crippen LogP contribution in [-0.4, -0.2) is 0 Å². The van der Waals surface area contributed by atoms with Crippen LogP contribution in [-0.2, 0) is 0 Å². The Morgan fingerprint density at radius 2 is 0.957 bits per heavy atom. The Balaban J connectivity index is 1.26. The Morgan fingerprint density at radius 1 is 0.391 bits per heavy atom. The lowest BCUT2D eigenvalue weighted by Gasteiger charge is -2.19. The zero-order chi connectivity index (χ0) is 30.2. The van der Waals surface area contributed by atoms with Crippen LogP contribution in [0.25, 0.3) is 97.0 Å². The summed E-state index contributed by atoms with van der Waals surface area (Å²) in [5, 5.41) is 11.3. The van der Waals surface area contributed by atoms with Crippen LogP contribution < -0.4 is 0 Å². The first-order chi connectivity index (χ1) is 22.8. The monoisotopic (exact) mass is 602 g/mol. The van der Waals surface area contributed by atoms with Crippen molar-refractivity contribution in [2.75, 3.05) is 0 Å². The molecule has 0 saturated carbocycles. The zero-order valence-corrected chi connectivity index (χ0v) is 25.6. The molecule has 46 heavy (non-hydrogen) atoms. The summed E-state index contributed by atoms with van der Waals surface area (Å²) in [6.07, 6.45) is 0. The van der Waals surface area contributed by atoms with Crippen LogP contribution in [0, 0.1) is 0 Å². The number of hydrogen-bond acceptors (Lipinski definition) is 2. The summed E-state index contributed by atoms with van der Waals surface area (Å²) in [6, 6.07) is 57.1. The molecule has 0 atom stereocenters. The van der Waals surface area contributed by atoms with Gasteiger partial charge in [0, 0.05) is 36.7 Å². The summed E-state index contributed by atoms with van der Waals surface area (Å²) in [5.74, 6) is 0.905. The fraction of sp³-hybridized carbons (Fsp3) is 0. The van der Waals surface area contributed by atoms with Gasteiger partial charge in [0.25, 0.3) is 0 Å². The molecule has 0 bridgehead atoms. The van der Waals surface area contributed by atoms with Crippen molar-refractivity contribution >= 4 is 74.8 Å².